The molecular weight excluding hydrogens is 324 g/mol. The van der Waals surface area contributed by atoms with Crippen LogP contribution in [0.1, 0.15) is 26.7 Å². The summed E-state index contributed by atoms with van der Waals surface area (Å²) < 4.78 is 39.7. The van der Waals surface area contributed by atoms with Crippen LogP contribution in [0.4, 0.5) is 4.39 Å². The Hall–Kier alpha value is -0.360. The van der Waals surface area contributed by atoms with Crippen LogP contribution >= 0.6 is 23.2 Å². The second kappa shape index (κ2) is 7.59. The number of rotatable bonds is 7. The standard InChI is InChI=1S/C13H18Cl2FNO2S/c1-3-9(4-2)12(15)8-17-20(18,19)13-7-10(16)5-6-11(13)14/h5-7,9,12,17H,3-4,8H2,1-2H3. The van der Waals surface area contributed by atoms with Crippen molar-refractivity contribution in [3.05, 3.63) is 29.0 Å². The number of alkyl halides is 1. The molecule has 20 heavy (non-hydrogen) atoms. The molecule has 0 amide bonds. The second-order valence-electron chi connectivity index (χ2n) is 4.52. The lowest BCUT2D eigenvalue weighted by molar-refractivity contribution is 0.460. The van der Waals surface area contributed by atoms with Gasteiger partial charge in [0, 0.05) is 11.9 Å². The van der Waals surface area contributed by atoms with E-state index in [4.69, 9.17) is 23.2 Å². The Morgan fingerprint density at radius 1 is 1.30 bits per heavy atom. The van der Waals surface area contributed by atoms with E-state index in [2.05, 4.69) is 4.72 Å². The molecule has 1 N–H and O–H groups in total. The number of benzene rings is 1. The van der Waals surface area contributed by atoms with Gasteiger partial charge in [0.15, 0.2) is 0 Å². The lowest BCUT2D eigenvalue weighted by Gasteiger charge is -2.19. The Balaban J connectivity index is 2.83. The van der Waals surface area contributed by atoms with Crippen LogP contribution in [0.3, 0.4) is 0 Å². The van der Waals surface area contributed by atoms with Crippen LogP contribution in [0.2, 0.25) is 5.02 Å². The summed E-state index contributed by atoms with van der Waals surface area (Å²) in [6, 6.07) is 3.21. The van der Waals surface area contributed by atoms with Crippen LogP contribution in [0, 0.1) is 11.7 Å². The molecular formula is C13H18Cl2FNO2S. The zero-order valence-electron chi connectivity index (χ0n) is 11.4. The molecule has 0 radical (unpaired) electrons. The molecule has 0 saturated carbocycles. The van der Waals surface area contributed by atoms with Gasteiger partial charge in [0.05, 0.1) is 5.02 Å². The van der Waals surface area contributed by atoms with Gasteiger partial charge >= 0.3 is 0 Å². The third-order valence-corrected chi connectivity index (χ3v) is 5.63. The van der Waals surface area contributed by atoms with Crippen molar-refractivity contribution in [2.75, 3.05) is 6.54 Å². The van der Waals surface area contributed by atoms with E-state index in [1.807, 2.05) is 13.8 Å². The Bertz CT molecular complexity index is 547. The predicted molar refractivity (Wildman–Crippen MR) is 80.3 cm³/mol. The van der Waals surface area contributed by atoms with Crippen LogP contribution in [0.15, 0.2) is 23.1 Å². The minimum absolute atomic E-state index is 0.0208. The van der Waals surface area contributed by atoms with Gasteiger partial charge in [-0.2, -0.15) is 0 Å². The summed E-state index contributed by atoms with van der Waals surface area (Å²) in [5.41, 5.74) is 0. The quantitative estimate of drug-likeness (QED) is 0.766. The van der Waals surface area contributed by atoms with Crippen LogP contribution < -0.4 is 4.72 Å². The molecule has 7 heteroatoms. The van der Waals surface area contributed by atoms with Crippen molar-refractivity contribution in [1.82, 2.24) is 4.72 Å². The first-order chi connectivity index (χ1) is 9.31. The van der Waals surface area contributed by atoms with E-state index >= 15 is 0 Å². The highest BCUT2D eigenvalue weighted by Gasteiger charge is 2.22. The summed E-state index contributed by atoms with van der Waals surface area (Å²) in [7, 11) is -3.86. The number of hydrogen-bond acceptors (Lipinski definition) is 2. The fraction of sp³-hybridized carbons (Fsp3) is 0.538. The van der Waals surface area contributed by atoms with Gasteiger partial charge in [0.25, 0.3) is 0 Å². The summed E-state index contributed by atoms with van der Waals surface area (Å²) in [6.07, 6.45) is 1.74. The van der Waals surface area contributed by atoms with Gasteiger partial charge in [0.2, 0.25) is 10.0 Å². The molecule has 0 heterocycles. The maximum absolute atomic E-state index is 13.1. The van der Waals surface area contributed by atoms with Crippen molar-refractivity contribution in [2.24, 2.45) is 5.92 Å². The molecule has 0 aromatic heterocycles. The van der Waals surface area contributed by atoms with Crippen molar-refractivity contribution < 1.29 is 12.8 Å². The monoisotopic (exact) mass is 341 g/mol. The van der Waals surface area contributed by atoms with Crippen molar-refractivity contribution in [1.29, 1.82) is 0 Å². The molecule has 0 aliphatic rings. The lowest BCUT2D eigenvalue weighted by atomic mass is 9.99. The SMILES string of the molecule is CCC(CC)C(Cl)CNS(=O)(=O)c1cc(F)ccc1Cl. The van der Waals surface area contributed by atoms with Gasteiger partial charge < -0.3 is 0 Å². The summed E-state index contributed by atoms with van der Waals surface area (Å²) >= 11 is 12.0. The van der Waals surface area contributed by atoms with E-state index in [0.29, 0.717) is 0 Å². The summed E-state index contributed by atoms with van der Waals surface area (Å²) in [5, 5.41) is -0.334. The van der Waals surface area contributed by atoms with Crippen molar-refractivity contribution in [2.45, 2.75) is 37.0 Å². The molecule has 0 saturated heterocycles. The van der Waals surface area contributed by atoms with Crippen molar-refractivity contribution in [3.8, 4) is 0 Å². The average molecular weight is 342 g/mol. The van der Waals surface area contributed by atoms with Crippen LogP contribution in [0.5, 0.6) is 0 Å². The Labute approximate surface area is 129 Å². The summed E-state index contributed by atoms with van der Waals surface area (Å²) in [6.45, 7) is 4.09. The lowest BCUT2D eigenvalue weighted by Crippen LogP contribution is -2.33. The first-order valence-corrected chi connectivity index (χ1v) is 8.70. The molecule has 0 fully saturated rings. The maximum atomic E-state index is 13.1. The molecule has 1 aromatic rings. The number of hydrogen-bond donors (Lipinski definition) is 1. The van der Waals surface area contributed by atoms with Crippen molar-refractivity contribution in [3.63, 3.8) is 0 Å². The minimum atomic E-state index is -3.86. The number of sulfonamides is 1. The topological polar surface area (TPSA) is 46.2 Å². The van der Waals surface area contributed by atoms with E-state index < -0.39 is 15.8 Å². The molecule has 0 aliphatic heterocycles. The zero-order chi connectivity index (χ0) is 15.3. The molecule has 1 atom stereocenters. The number of nitrogens with one attached hydrogen (secondary N) is 1. The van der Waals surface area contributed by atoms with E-state index in [9.17, 15) is 12.8 Å². The van der Waals surface area contributed by atoms with Crippen LogP contribution in [-0.4, -0.2) is 20.3 Å². The van der Waals surface area contributed by atoms with Crippen molar-refractivity contribution >= 4 is 33.2 Å². The fourth-order valence-electron chi connectivity index (χ4n) is 1.92. The maximum Gasteiger partial charge on any atom is 0.242 e. The van der Waals surface area contributed by atoms with E-state index in [0.717, 1.165) is 25.0 Å². The van der Waals surface area contributed by atoms with E-state index in [1.165, 1.54) is 6.07 Å². The molecule has 0 bridgehead atoms. The molecule has 114 valence electrons. The molecule has 1 rings (SSSR count). The molecule has 1 unspecified atom stereocenters. The summed E-state index contributed by atoms with van der Waals surface area (Å²) in [4.78, 5) is -0.271. The molecule has 0 aliphatic carbocycles. The zero-order valence-corrected chi connectivity index (χ0v) is 13.7. The summed E-state index contributed by atoms with van der Waals surface area (Å²) in [5.74, 6) is -0.431. The Morgan fingerprint density at radius 3 is 2.45 bits per heavy atom. The highest BCUT2D eigenvalue weighted by Crippen LogP contribution is 2.23. The predicted octanol–water partition coefficient (Wildman–Crippen LogP) is 3.80. The average Bonchev–Trinajstić information content (AvgIpc) is 2.40. The normalized spacial score (nSPS) is 13.7. The third kappa shape index (κ3) is 4.58. The van der Waals surface area contributed by atoms with E-state index in [1.54, 1.807) is 0 Å². The van der Waals surface area contributed by atoms with Crippen LogP contribution in [-0.2, 0) is 10.0 Å². The minimum Gasteiger partial charge on any atom is -0.210 e. The molecule has 1 aromatic carbocycles. The third-order valence-electron chi connectivity index (χ3n) is 3.21. The van der Waals surface area contributed by atoms with Gasteiger partial charge in [-0.05, 0) is 24.1 Å². The highest BCUT2D eigenvalue weighted by molar-refractivity contribution is 7.89. The van der Waals surface area contributed by atoms with Gasteiger partial charge in [-0.15, -0.1) is 11.6 Å². The highest BCUT2D eigenvalue weighted by atomic mass is 35.5. The number of halogens is 3. The molecule has 3 nitrogen and oxygen atoms in total. The van der Waals surface area contributed by atoms with Gasteiger partial charge in [-0.3, -0.25) is 0 Å². The first kappa shape index (κ1) is 17.7. The molecule has 0 spiro atoms. The van der Waals surface area contributed by atoms with Crippen LogP contribution in [0.25, 0.3) is 0 Å². The first-order valence-electron chi connectivity index (χ1n) is 6.40. The van der Waals surface area contributed by atoms with Gasteiger partial charge in [-0.25, -0.2) is 17.5 Å². The second-order valence-corrected chi connectivity index (χ2v) is 7.22. The van der Waals surface area contributed by atoms with Gasteiger partial charge in [-0.1, -0.05) is 38.3 Å². The largest absolute Gasteiger partial charge is 0.242 e. The Morgan fingerprint density at radius 2 is 1.90 bits per heavy atom. The van der Waals surface area contributed by atoms with E-state index in [-0.39, 0.29) is 27.8 Å². The Kier molecular flexibility index (Phi) is 6.72. The van der Waals surface area contributed by atoms with Gasteiger partial charge in [0.1, 0.15) is 10.7 Å². The fourth-order valence-corrected chi connectivity index (χ4v) is 4.01. The smallest absolute Gasteiger partial charge is 0.210 e.